The van der Waals surface area contributed by atoms with Crippen molar-refractivity contribution in [1.29, 1.82) is 0 Å². The number of anilines is 1. The van der Waals surface area contributed by atoms with Gasteiger partial charge in [-0.05, 0) is 50.7 Å². The number of hydrogen-bond donors (Lipinski definition) is 2. The van der Waals surface area contributed by atoms with Gasteiger partial charge in [0.1, 0.15) is 5.75 Å². The lowest BCUT2D eigenvalue weighted by atomic mass is 10.00. The number of amides is 1. The average molecular weight is 315 g/mol. The fourth-order valence-electron chi connectivity index (χ4n) is 2.18. The highest BCUT2D eigenvalue weighted by atomic mass is 79.9. The number of nitrogens with zero attached hydrogens (tertiary/aromatic N) is 1. The predicted molar refractivity (Wildman–Crippen MR) is 77.6 cm³/mol. The molecule has 1 aromatic carbocycles. The summed E-state index contributed by atoms with van der Waals surface area (Å²) in [5.74, 6) is 0.137. The van der Waals surface area contributed by atoms with Crippen molar-refractivity contribution in [2.45, 2.75) is 19.3 Å². The van der Waals surface area contributed by atoms with Crippen LogP contribution in [0.1, 0.15) is 17.5 Å². The van der Waals surface area contributed by atoms with Crippen LogP contribution in [0.5, 0.6) is 5.75 Å². The van der Waals surface area contributed by atoms with Gasteiger partial charge in [-0.25, -0.2) is 0 Å². The first-order valence-electron chi connectivity index (χ1n) is 5.86. The molecule has 0 radical (unpaired) electrons. The van der Waals surface area contributed by atoms with E-state index in [9.17, 15) is 9.90 Å². The first-order valence-corrected chi connectivity index (χ1v) is 5.86. The number of benzene rings is 1. The fourth-order valence-corrected chi connectivity index (χ4v) is 2.18. The van der Waals surface area contributed by atoms with Gasteiger partial charge in [-0.15, -0.1) is 17.0 Å². The highest BCUT2D eigenvalue weighted by Gasteiger charge is 2.23. The van der Waals surface area contributed by atoms with Crippen LogP contribution < -0.4 is 5.32 Å². The third-order valence-corrected chi connectivity index (χ3v) is 3.04. The van der Waals surface area contributed by atoms with E-state index in [0.29, 0.717) is 12.1 Å². The molecule has 100 valence electrons. The maximum Gasteiger partial charge on any atom is 0.228 e. The molecule has 1 heterocycles. The lowest BCUT2D eigenvalue weighted by molar-refractivity contribution is -0.115. The van der Waals surface area contributed by atoms with Gasteiger partial charge < -0.3 is 15.3 Å². The molecule has 0 fully saturated rings. The summed E-state index contributed by atoms with van der Waals surface area (Å²) in [7, 11) is 4.10. The molecule has 4 nitrogen and oxygen atoms in total. The van der Waals surface area contributed by atoms with E-state index in [-0.39, 0.29) is 28.6 Å². The normalized spacial score (nSPS) is 13.2. The number of fused-ring (bicyclic) bond motifs is 1. The summed E-state index contributed by atoms with van der Waals surface area (Å²) < 4.78 is 0. The molecule has 2 rings (SSSR count). The van der Waals surface area contributed by atoms with Gasteiger partial charge in [-0.2, -0.15) is 0 Å². The zero-order valence-corrected chi connectivity index (χ0v) is 12.4. The summed E-state index contributed by atoms with van der Waals surface area (Å²) >= 11 is 0. The Morgan fingerprint density at radius 2 is 2.11 bits per heavy atom. The van der Waals surface area contributed by atoms with Crippen molar-refractivity contribution in [3.05, 3.63) is 23.3 Å². The zero-order chi connectivity index (χ0) is 12.4. The van der Waals surface area contributed by atoms with Gasteiger partial charge in [0.05, 0.1) is 12.1 Å². The number of hydrogen-bond acceptors (Lipinski definition) is 3. The second-order valence-electron chi connectivity index (χ2n) is 4.73. The zero-order valence-electron chi connectivity index (χ0n) is 10.7. The molecule has 0 spiro atoms. The molecule has 0 aliphatic carbocycles. The minimum atomic E-state index is -0.0321. The van der Waals surface area contributed by atoms with Crippen molar-refractivity contribution in [1.82, 2.24) is 4.90 Å². The summed E-state index contributed by atoms with van der Waals surface area (Å²) in [6, 6.07) is 3.58. The molecule has 2 N–H and O–H groups in total. The van der Waals surface area contributed by atoms with Crippen LogP contribution in [0.25, 0.3) is 0 Å². The highest BCUT2D eigenvalue weighted by molar-refractivity contribution is 8.93. The van der Waals surface area contributed by atoms with Crippen LogP contribution in [0.15, 0.2) is 12.1 Å². The van der Waals surface area contributed by atoms with Crippen LogP contribution in [0.3, 0.4) is 0 Å². The number of carbonyl (C=O) groups excluding carboxylic acids is 1. The summed E-state index contributed by atoms with van der Waals surface area (Å²) in [4.78, 5) is 13.5. The Bertz CT molecular complexity index is 447. The Hall–Kier alpha value is -1.07. The molecule has 0 saturated carbocycles. The molecular formula is C13H19BrN2O2. The average Bonchev–Trinajstić information content (AvgIpc) is 2.64. The quantitative estimate of drug-likeness (QED) is 0.835. The number of aromatic hydroxyl groups is 1. The van der Waals surface area contributed by atoms with Crippen molar-refractivity contribution >= 4 is 28.6 Å². The number of aryl methyl sites for hydroxylation is 1. The van der Waals surface area contributed by atoms with Gasteiger partial charge in [0, 0.05) is 0 Å². The number of phenols is 1. The van der Waals surface area contributed by atoms with E-state index in [1.165, 1.54) is 0 Å². The van der Waals surface area contributed by atoms with E-state index in [1.54, 1.807) is 6.07 Å². The number of halogens is 1. The molecule has 1 aliphatic rings. The summed E-state index contributed by atoms with van der Waals surface area (Å²) in [5.41, 5.74) is 2.74. The van der Waals surface area contributed by atoms with Crippen molar-refractivity contribution in [3.8, 4) is 5.75 Å². The second-order valence-corrected chi connectivity index (χ2v) is 4.73. The van der Waals surface area contributed by atoms with Crippen LogP contribution in [0.2, 0.25) is 0 Å². The molecule has 1 aromatic rings. The molecule has 18 heavy (non-hydrogen) atoms. The molecule has 0 bridgehead atoms. The van der Waals surface area contributed by atoms with E-state index >= 15 is 0 Å². The fraction of sp³-hybridized carbons (Fsp3) is 0.462. The number of rotatable bonds is 4. The van der Waals surface area contributed by atoms with Gasteiger partial charge in [0.25, 0.3) is 0 Å². The molecule has 5 heteroatoms. The van der Waals surface area contributed by atoms with Gasteiger partial charge in [0.2, 0.25) is 5.91 Å². The SMILES string of the molecule is Br.CN(C)CCCc1ccc(O)c2c1CC(=O)N2. The monoisotopic (exact) mass is 314 g/mol. The Morgan fingerprint density at radius 1 is 1.39 bits per heavy atom. The highest BCUT2D eigenvalue weighted by Crippen LogP contribution is 2.35. The molecular weight excluding hydrogens is 296 g/mol. The van der Waals surface area contributed by atoms with E-state index in [1.807, 2.05) is 20.2 Å². The largest absolute Gasteiger partial charge is 0.506 e. The van der Waals surface area contributed by atoms with Gasteiger partial charge in [-0.1, -0.05) is 6.07 Å². The third kappa shape index (κ3) is 3.23. The molecule has 0 aromatic heterocycles. The molecule has 0 saturated heterocycles. The first-order chi connectivity index (χ1) is 8.08. The van der Waals surface area contributed by atoms with Crippen molar-refractivity contribution < 1.29 is 9.90 Å². The predicted octanol–water partition coefficient (Wildman–Crippen LogP) is 1.96. The Morgan fingerprint density at radius 3 is 2.78 bits per heavy atom. The van der Waals surface area contributed by atoms with Gasteiger partial charge >= 0.3 is 0 Å². The maximum atomic E-state index is 11.4. The van der Waals surface area contributed by atoms with E-state index in [0.717, 1.165) is 30.5 Å². The van der Waals surface area contributed by atoms with Crippen LogP contribution in [0.4, 0.5) is 5.69 Å². The topological polar surface area (TPSA) is 52.6 Å². The standard InChI is InChI=1S/C13H18N2O2.BrH/c1-15(2)7-3-4-9-5-6-11(16)13-10(9)8-12(17)14-13;/h5-6,16H,3-4,7-8H2,1-2H3,(H,14,17);1H. The maximum absolute atomic E-state index is 11.4. The van der Waals surface area contributed by atoms with E-state index in [4.69, 9.17) is 0 Å². The van der Waals surface area contributed by atoms with Crippen LogP contribution in [-0.4, -0.2) is 36.6 Å². The Kier molecular flexibility index (Phi) is 5.16. The minimum Gasteiger partial charge on any atom is -0.506 e. The number of carbonyl (C=O) groups is 1. The van der Waals surface area contributed by atoms with E-state index in [2.05, 4.69) is 10.2 Å². The smallest absolute Gasteiger partial charge is 0.228 e. The Balaban J connectivity index is 0.00000162. The van der Waals surface area contributed by atoms with Crippen molar-refractivity contribution in [3.63, 3.8) is 0 Å². The van der Waals surface area contributed by atoms with Crippen LogP contribution in [-0.2, 0) is 17.6 Å². The summed E-state index contributed by atoms with van der Waals surface area (Å²) in [6.45, 7) is 1.02. The third-order valence-electron chi connectivity index (χ3n) is 3.04. The lowest BCUT2D eigenvalue weighted by Gasteiger charge is -2.11. The molecule has 0 atom stereocenters. The first kappa shape index (κ1) is 15.0. The molecule has 1 aliphatic heterocycles. The second kappa shape index (κ2) is 6.20. The number of phenolic OH excluding ortho intramolecular Hbond substituents is 1. The van der Waals surface area contributed by atoms with Crippen molar-refractivity contribution in [2.75, 3.05) is 26.0 Å². The summed E-state index contributed by atoms with van der Waals surface area (Å²) in [5, 5.41) is 12.4. The van der Waals surface area contributed by atoms with Crippen LogP contribution in [0, 0.1) is 0 Å². The van der Waals surface area contributed by atoms with Crippen molar-refractivity contribution in [2.24, 2.45) is 0 Å². The minimum absolute atomic E-state index is 0. The number of nitrogens with one attached hydrogen (secondary N) is 1. The summed E-state index contributed by atoms with van der Waals surface area (Å²) in [6.07, 6.45) is 2.38. The van der Waals surface area contributed by atoms with Crippen LogP contribution >= 0.6 is 17.0 Å². The van der Waals surface area contributed by atoms with Gasteiger partial charge in [-0.3, -0.25) is 4.79 Å². The molecule has 0 unspecified atom stereocenters. The van der Waals surface area contributed by atoms with Gasteiger partial charge in [0.15, 0.2) is 0 Å². The Labute approximate surface area is 118 Å². The molecule has 1 amide bonds. The van der Waals surface area contributed by atoms with E-state index < -0.39 is 0 Å². The lowest BCUT2D eigenvalue weighted by Crippen LogP contribution is -2.13.